The van der Waals surface area contributed by atoms with Crippen molar-refractivity contribution in [2.45, 2.75) is 20.8 Å². The highest BCUT2D eigenvalue weighted by atomic mass is 15.2. The summed E-state index contributed by atoms with van der Waals surface area (Å²) in [4.78, 5) is 11.5. The molecular formula is C8H16N6. The van der Waals surface area contributed by atoms with E-state index < -0.39 is 0 Å². The Bertz CT molecular complexity index is 296. The Hall–Kier alpha value is -1.59. The molecule has 0 radical (unpaired) electrons. The van der Waals surface area contributed by atoms with Crippen LogP contribution in [0, 0.1) is 5.41 Å². The maximum atomic E-state index is 5.42. The van der Waals surface area contributed by atoms with Crippen molar-refractivity contribution in [3.8, 4) is 0 Å². The molecule has 14 heavy (non-hydrogen) atoms. The van der Waals surface area contributed by atoms with E-state index in [9.17, 15) is 0 Å². The van der Waals surface area contributed by atoms with Crippen LogP contribution in [0.25, 0.3) is 0 Å². The van der Waals surface area contributed by atoms with E-state index in [2.05, 4.69) is 41.0 Å². The van der Waals surface area contributed by atoms with Crippen molar-refractivity contribution in [2.75, 3.05) is 23.3 Å². The quantitative estimate of drug-likeness (QED) is 0.636. The second kappa shape index (κ2) is 3.65. The average Bonchev–Trinajstić information content (AvgIpc) is 1.97. The Morgan fingerprint density at radius 2 is 1.57 bits per heavy atom. The van der Waals surface area contributed by atoms with Crippen molar-refractivity contribution in [3.63, 3.8) is 0 Å². The summed E-state index contributed by atoms with van der Waals surface area (Å²) in [6.07, 6.45) is 0. The van der Waals surface area contributed by atoms with Crippen molar-refractivity contribution < 1.29 is 0 Å². The van der Waals surface area contributed by atoms with Crippen LogP contribution in [0.5, 0.6) is 0 Å². The number of hydrogen-bond donors (Lipinski definition) is 3. The van der Waals surface area contributed by atoms with Crippen molar-refractivity contribution in [3.05, 3.63) is 0 Å². The Labute approximate surface area is 83.1 Å². The van der Waals surface area contributed by atoms with E-state index in [0.29, 0.717) is 5.95 Å². The van der Waals surface area contributed by atoms with Crippen LogP contribution >= 0.6 is 0 Å². The second-order valence-electron chi connectivity index (χ2n) is 4.29. The molecule has 0 atom stereocenters. The predicted molar refractivity (Wildman–Crippen MR) is 56.6 cm³/mol. The highest BCUT2D eigenvalue weighted by Gasteiger charge is 2.10. The minimum Gasteiger partial charge on any atom is -0.368 e. The predicted octanol–water partition coefficient (Wildman–Crippen LogP) is 0.494. The Morgan fingerprint density at radius 3 is 2.00 bits per heavy atom. The first-order valence-electron chi connectivity index (χ1n) is 4.38. The van der Waals surface area contributed by atoms with E-state index in [4.69, 9.17) is 11.5 Å². The molecule has 0 bridgehead atoms. The number of hydrogen-bond acceptors (Lipinski definition) is 6. The summed E-state index contributed by atoms with van der Waals surface area (Å²) >= 11 is 0. The van der Waals surface area contributed by atoms with Gasteiger partial charge >= 0.3 is 0 Å². The van der Waals surface area contributed by atoms with Crippen molar-refractivity contribution in [1.82, 2.24) is 15.0 Å². The first kappa shape index (κ1) is 10.5. The molecule has 1 aromatic rings. The maximum Gasteiger partial charge on any atom is 0.229 e. The number of rotatable bonds is 2. The van der Waals surface area contributed by atoms with Crippen LogP contribution < -0.4 is 16.8 Å². The zero-order valence-electron chi connectivity index (χ0n) is 8.70. The van der Waals surface area contributed by atoms with Gasteiger partial charge in [0, 0.05) is 6.54 Å². The van der Waals surface area contributed by atoms with Crippen LogP contribution in [0.2, 0.25) is 0 Å². The molecule has 0 aliphatic rings. The lowest BCUT2D eigenvalue weighted by atomic mass is 9.97. The SMILES string of the molecule is CC(C)(C)CNc1nc(N)nc(N)n1. The molecule has 0 saturated heterocycles. The van der Waals surface area contributed by atoms with Gasteiger partial charge < -0.3 is 16.8 Å². The van der Waals surface area contributed by atoms with Crippen molar-refractivity contribution in [1.29, 1.82) is 0 Å². The van der Waals surface area contributed by atoms with Gasteiger partial charge in [-0.2, -0.15) is 15.0 Å². The molecule has 0 amide bonds. The molecule has 0 saturated carbocycles. The van der Waals surface area contributed by atoms with Crippen LogP contribution in [-0.2, 0) is 0 Å². The number of anilines is 3. The fourth-order valence-corrected chi connectivity index (χ4v) is 0.833. The molecule has 0 fully saturated rings. The number of nitrogen functional groups attached to an aromatic ring is 2. The second-order valence-corrected chi connectivity index (χ2v) is 4.29. The van der Waals surface area contributed by atoms with Gasteiger partial charge in [0.2, 0.25) is 17.8 Å². The van der Waals surface area contributed by atoms with Gasteiger partial charge in [0.15, 0.2) is 0 Å². The normalized spacial score (nSPS) is 11.4. The average molecular weight is 196 g/mol. The van der Waals surface area contributed by atoms with E-state index >= 15 is 0 Å². The van der Waals surface area contributed by atoms with Gasteiger partial charge in [0.25, 0.3) is 0 Å². The van der Waals surface area contributed by atoms with Gasteiger partial charge in [-0.25, -0.2) is 0 Å². The van der Waals surface area contributed by atoms with Gasteiger partial charge in [0.05, 0.1) is 0 Å². The number of nitrogens with zero attached hydrogens (tertiary/aromatic N) is 3. The molecule has 1 heterocycles. The lowest BCUT2D eigenvalue weighted by molar-refractivity contribution is 0.442. The molecule has 0 spiro atoms. The summed E-state index contributed by atoms with van der Waals surface area (Å²) in [6, 6.07) is 0. The molecule has 5 N–H and O–H groups in total. The number of nitrogens with two attached hydrogens (primary N) is 2. The standard InChI is InChI=1S/C8H16N6/c1-8(2,3)4-11-7-13-5(9)12-6(10)14-7/h4H2,1-3H3,(H5,9,10,11,12,13,14). The van der Waals surface area contributed by atoms with Gasteiger partial charge in [-0.1, -0.05) is 20.8 Å². The first-order valence-corrected chi connectivity index (χ1v) is 4.38. The van der Waals surface area contributed by atoms with Gasteiger partial charge in [0.1, 0.15) is 0 Å². The zero-order chi connectivity index (χ0) is 10.8. The summed E-state index contributed by atoms with van der Waals surface area (Å²) in [5.41, 5.74) is 11.0. The smallest absolute Gasteiger partial charge is 0.229 e. The molecular weight excluding hydrogens is 180 g/mol. The lowest BCUT2D eigenvalue weighted by Crippen LogP contribution is -2.21. The summed E-state index contributed by atoms with van der Waals surface area (Å²) in [5.74, 6) is 0.688. The monoisotopic (exact) mass is 196 g/mol. The Kier molecular flexibility index (Phi) is 2.73. The Balaban J connectivity index is 2.68. The van der Waals surface area contributed by atoms with E-state index in [1.165, 1.54) is 0 Å². The minimum atomic E-state index is 0.133. The summed E-state index contributed by atoms with van der Waals surface area (Å²) in [7, 11) is 0. The summed E-state index contributed by atoms with van der Waals surface area (Å²) < 4.78 is 0. The molecule has 6 nitrogen and oxygen atoms in total. The fraction of sp³-hybridized carbons (Fsp3) is 0.625. The third-order valence-corrected chi connectivity index (χ3v) is 1.45. The Morgan fingerprint density at radius 1 is 1.07 bits per heavy atom. The van der Waals surface area contributed by atoms with Gasteiger partial charge in [-0.3, -0.25) is 0 Å². The molecule has 1 aromatic heterocycles. The fourth-order valence-electron chi connectivity index (χ4n) is 0.833. The summed E-state index contributed by atoms with van der Waals surface area (Å²) in [6.45, 7) is 7.06. The van der Waals surface area contributed by atoms with Crippen LogP contribution in [0.3, 0.4) is 0 Å². The van der Waals surface area contributed by atoms with E-state index in [0.717, 1.165) is 6.54 Å². The molecule has 0 unspecified atom stereocenters. The van der Waals surface area contributed by atoms with E-state index in [-0.39, 0.29) is 17.3 Å². The van der Waals surface area contributed by atoms with E-state index in [1.807, 2.05) is 0 Å². The van der Waals surface area contributed by atoms with Crippen molar-refractivity contribution >= 4 is 17.8 Å². The third-order valence-electron chi connectivity index (χ3n) is 1.45. The lowest BCUT2D eigenvalue weighted by Gasteiger charge is -2.18. The highest BCUT2D eigenvalue weighted by Crippen LogP contribution is 2.13. The molecule has 0 aromatic carbocycles. The zero-order valence-corrected chi connectivity index (χ0v) is 8.70. The van der Waals surface area contributed by atoms with Crippen molar-refractivity contribution in [2.24, 2.45) is 5.41 Å². The molecule has 0 aliphatic heterocycles. The van der Waals surface area contributed by atoms with Crippen LogP contribution in [0.15, 0.2) is 0 Å². The van der Waals surface area contributed by atoms with Gasteiger partial charge in [-0.15, -0.1) is 0 Å². The first-order chi connectivity index (χ1) is 6.37. The number of nitrogens with one attached hydrogen (secondary N) is 1. The summed E-state index contributed by atoms with van der Waals surface area (Å²) in [5, 5.41) is 3.04. The number of aromatic nitrogens is 3. The highest BCUT2D eigenvalue weighted by molar-refractivity contribution is 5.37. The van der Waals surface area contributed by atoms with Crippen LogP contribution in [-0.4, -0.2) is 21.5 Å². The van der Waals surface area contributed by atoms with Crippen LogP contribution in [0.1, 0.15) is 20.8 Å². The van der Waals surface area contributed by atoms with Crippen LogP contribution in [0.4, 0.5) is 17.8 Å². The minimum absolute atomic E-state index is 0.133. The molecule has 0 aliphatic carbocycles. The topological polar surface area (TPSA) is 103 Å². The largest absolute Gasteiger partial charge is 0.368 e. The third kappa shape index (κ3) is 3.42. The maximum absolute atomic E-state index is 5.42. The van der Waals surface area contributed by atoms with Gasteiger partial charge in [-0.05, 0) is 5.41 Å². The molecule has 1 rings (SSSR count). The van der Waals surface area contributed by atoms with E-state index in [1.54, 1.807) is 0 Å². The molecule has 6 heteroatoms. The molecule has 78 valence electrons.